The second-order valence-electron chi connectivity index (χ2n) is 11.2. The average Bonchev–Trinajstić information content (AvgIpc) is 3.38. The quantitative estimate of drug-likeness (QED) is 0.181. The Balaban J connectivity index is 1.88. The maximum absolute atomic E-state index is 14.4. The number of esters is 1. The number of ether oxygens (including phenoxy) is 1. The summed E-state index contributed by atoms with van der Waals surface area (Å²) in [4.78, 5) is 32.1. The third-order valence-electron chi connectivity index (χ3n) is 7.55. The molecule has 0 saturated carbocycles. The second-order valence-corrected chi connectivity index (χ2v) is 11.2. The molecular formula is C36H40FN3O5. The molecule has 2 atom stereocenters. The summed E-state index contributed by atoms with van der Waals surface area (Å²) in [6, 6.07) is 21.2. The van der Waals surface area contributed by atoms with Gasteiger partial charge in [0, 0.05) is 61.2 Å². The number of carbonyl (C=O) groups is 2. The van der Waals surface area contributed by atoms with E-state index in [2.05, 4.69) is 9.72 Å². The number of hydrogen-bond acceptors (Lipinski definition) is 6. The molecule has 0 aliphatic carbocycles. The van der Waals surface area contributed by atoms with E-state index in [0.717, 1.165) is 11.3 Å². The van der Waals surface area contributed by atoms with E-state index in [4.69, 9.17) is 0 Å². The Morgan fingerprint density at radius 2 is 1.64 bits per heavy atom. The first-order valence-electron chi connectivity index (χ1n) is 15.0. The molecule has 0 radical (unpaired) electrons. The van der Waals surface area contributed by atoms with Crippen molar-refractivity contribution < 1.29 is 28.9 Å². The first kappa shape index (κ1) is 33.3. The van der Waals surface area contributed by atoms with E-state index >= 15 is 0 Å². The number of likely N-dealkylation sites (N-methyl/N-ethyl adjacent to an activating group) is 1. The minimum absolute atomic E-state index is 0.0898. The van der Waals surface area contributed by atoms with E-state index in [1.807, 2.05) is 66.9 Å². The molecule has 2 N–H and O–H groups in total. The zero-order chi connectivity index (χ0) is 32.5. The van der Waals surface area contributed by atoms with Gasteiger partial charge in [-0.2, -0.15) is 0 Å². The highest BCUT2D eigenvalue weighted by Crippen LogP contribution is 2.43. The van der Waals surface area contributed by atoms with Gasteiger partial charge in [0.1, 0.15) is 11.5 Å². The fourth-order valence-corrected chi connectivity index (χ4v) is 5.34. The summed E-state index contributed by atoms with van der Waals surface area (Å²) >= 11 is 0. The Morgan fingerprint density at radius 3 is 2.27 bits per heavy atom. The number of methoxy groups -OCH3 is 1. The van der Waals surface area contributed by atoms with Crippen molar-refractivity contribution in [3.8, 4) is 22.3 Å². The summed E-state index contributed by atoms with van der Waals surface area (Å²) < 4.78 is 20.7. The standard InChI is InChI=1S/C36H40FN3O5/c1-24(2)40-31(18-17-29(41)22-30(42)23-32(43)45-4)33(26-13-15-27(37)16-14-26)34(25-10-6-5-7-11-25)35(40)36(44)39(3)21-19-28-12-8-9-20-38-28/h5-18,20,24,29-30,41-42H,19,21-23H2,1-4H3/b18-17+/t29-,30-/m1/s1. The summed E-state index contributed by atoms with van der Waals surface area (Å²) in [5.41, 5.74) is 4.86. The third kappa shape index (κ3) is 8.32. The lowest BCUT2D eigenvalue weighted by Gasteiger charge is -2.22. The first-order chi connectivity index (χ1) is 21.6. The minimum atomic E-state index is -1.10. The molecule has 2 aromatic carbocycles. The molecule has 236 valence electrons. The van der Waals surface area contributed by atoms with Gasteiger partial charge < -0.3 is 24.4 Å². The van der Waals surface area contributed by atoms with Crippen LogP contribution in [0.5, 0.6) is 0 Å². The van der Waals surface area contributed by atoms with Crippen LogP contribution < -0.4 is 0 Å². The zero-order valence-electron chi connectivity index (χ0n) is 26.1. The second kappa shape index (κ2) is 15.4. The molecule has 0 fully saturated rings. The van der Waals surface area contributed by atoms with Crippen molar-refractivity contribution in [1.29, 1.82) is 0 Å². The molecule has 4 rings (SSSR count). The van der Waals surface area contributed by atoms with Crippen LogP contribution in [-0.2, 0) is 16.0 Å². The Kier molecular flexibility index (Phi) is 11.4. The van der Waals surface area contributed by atoms with E-state index < -0.39 is 18.2 Å². The molecule has 0 bridgehead atoms. The van der Waals surface area contributed by atoms with E-state index in [1.165, 1.54) is 25.3 Å². The smallest absolute Gasteiger partial charge is 0.308 e. The van der Waals surface area contributed by atoms with Crippen molar-refractivity contribution in [3.63, 3.8) is 0 Å². The van der Waals surface area contributed by atoms with Gasteiger partial charge in [0.05, 0.1) is 25.7 Å². The maximum Gasteiger partial charge on any atom is 0.308 e. The Morgan fingerprint density at radius 1 is 0.978 bits per heavy atom. The number of rotatable bonds is 13. The Labute approximate surface area is 263 Å². The maximum atomic E-state index is 14.4. The minimum Gasteiger partial charge on any atom is -0.469 e. The first-order valence-corrected chi connectivity index (χ1v) is 15.0. The number of aromatic nitrogens is 2. The van der Waals surface area contributed by atoms with Gasteiger partial charge in [-0.15, -0.1) is 0 Å². The molecule has 45 heavy (non-hydrogen) atoms. The van der Waals surface area contributed by atoms with Crippen LogP contribution in [0.2, 0.25) is 0 Å². The van der Waals surface area contributed by atoms with Gasteiger partial charge >= 0.3 is 5.97 Å². The lowest BCUT2D eigenvalue weighted by Crippen LogP contribution is -2.31. The molecule has 0 aliphatic rings. The zero-order valence-corrected chi connectivity index (χ0v) is 26.1. The number of aliphatic hydroxyl groups excluding tert-OH is 2. The lowest BCUT2D eigenvalue weighted by atomic mass is 9.94. The number of benzene rings is 2. The predicted octanol–water partition coefficient (Wildman–Crippen LogP) is 5.94. The van der Waals surface area contributed by atoms with Crippen LogP contribution in [0.15, 0.2) is 85.1 Å². The number of hydrogen-bond donors (Lipinski definition) is 2. The molecule has 2 heterocycles. The fourth-order valence-electron chi connectivity index (χ4n) is 5.34. The number of nitrogens with zero attached hydrogens (tertiary/aromatic N) is 3. The fraction of sp³-hybridized carbons (Fsp3) is 0.306. The SMILES string of the molecule is COC(=O)C[C@H](O)C[C@H](O)/C=C/c1c(-c2ccc(F)cc2)c(-c2ccccc2)c(C(=O)N(C)CCc2ccccn2)n1C(C)C. The van der Waals surface area contributed by atoms with Crippen LogP contribution >= 0.6 is 0 Å². The van der Waals surface area contributed by atoms with Crippen molar-refractivity contribution in [3.05, 3.63) is 108 Å². The van der Waals surface area contributed by atoms with Gasteiger partial charge in [0.2, 0.25) is 0 Å². The van der Waals surface area contributed by atoms with E-state index in [1.54, 1.807) is 36.4 Å². The summed E-state index contributed by atoms with van der Waals surface area (Å²) in [6.07, 6.45) is 3.03. The highest BCUT2D eigenvalue weighted by molar-refractivity contribution is 6.06. The Hall–Kier alpha value is -4.60. The van der Waals surface area contributed by atoms with Gasteiger partial charge in [0.15, 0.2) is 0 Å². The van der Waals surface area contributed by atoms with Gasteiger partial charge in [-0.3, -0.25) is 14.6 Å². The van der Waals surface area contributed by atoms with E-state index in [0.29, 0.717) is 41.0 Å². The molecular weight excluding hydrogens is 573 g/mol. The summed E-state index contributed by atoms with van der Waals surface area (Å²) in [5, 5.41) is 21.1. The van der Waals surface area contributed by atoms with Gasteiger partial charge in [-0.05, 0) is 55.3 Å². The lowest BCUT2D eigenvalue weighted by molar-refractivity contribution is -0.143. The summed E-state index contributed by atoms with van der Waals surface area (Å²) in [7, 11) is 3.00. The van der Waals surface area contributed by atoms with Crippen molar-refractivity contribution >= 4 is 18.0 Å². The predicted molar refractivity (Wildman–Crippen MR) is 173 cm³/mol. The summed E-state index contributed by atoms with van der Waals surface area (Å²) in [5.74, 6) is -1.16. The topological polar surface area (TPSA) is 105 Å². The number of pyridine rings is 1. The molecule has 4 aromatic rings. The third-order valence-corrected chi connectivity index (χ3v) is 7.55. The number of halogens is 1. The molecule has 9 heteroatoms. The van der Waals surface area contributed by atoms with Crippen molar-refractivity contribution in [2.24, 2.45) is 0 Å². The summed E-state index contributed by atoms with van der Waals surface area (Å²) in [6.45, 7) is 4.38. The van der Waals surface area contributed by atoms with Gasteiger partial charge in [-0.25, -0.2) is 4.39 Å². The molecule has 1 amide bonds. The number of amides is 1. The van der Waals surface area contributed by atoms with Crippen LogP contribution in [0, 0.1) is 5.82 Å². The van der Waals surface area contributed by atoms with Crippen LogP contribution in [-0.4, -0.2) is 69.5 Å². The molecule has 0 spiro atoms. The Bertz CT molecular complexity index is 1600. The van der Waals surface area contributed by atoms with E-state index in [9.17, 15) is 24.2 Å². The van der Waals surface area contributed by atoms with Crippen molar-refractivity contribution in [2.75, 3.05) is 20.7 Å². The molecule has 0 unspecified atom stereocenters. The van der Waals surface area contributed by atoms with Crippen molar-refractivity contribution in [2.45, 2.75) is 51.4 Å². The largest absolute Gasteiger partial charge is 0.469 e. The molecule has 0 saturated heterocycles. The molecule has 2 aromatic heterocycles. The van der Waals surface area contributed by atoms with Crippen LogP contribution in [0.3, 0.4) is 0 Å². The monoisotopic (exact) mass is 613 g/mol. The average molecular weight is 614 g/mol. The number of carbonyl (C=O) groups excluding carboxylic acids is 2. The molecule has 8 nitrogen and oxygen atoms in total. The van der Waals surface area contributed by atoms with Gasteiger partial charge in [0.25, 0.3) is 5.91 Å². The van der Waals surface area contributed by atoms with Gasteiger partial charge in [-0.1, -0.05) is 54.6 Å². The van der Waals surface area contributed by atoms with Crippen molar-refractivity contribution in [1.82, 2.24) is 14.5 Å². The highest BCUT2D eigenvalue weighted by Gasteiger charge is 2.31. The highest BCUT2D eigenvalue weighted by atomic mass is 19.1. The van der Waals surface area contributed by atoms with Crippen LogP contribution in [0.1, 0.15) is 54.6 Å². The number of aliphatic hydroxyl groups is 2. The van der Waals surface area contributed by atoms with E-state index in [-0.39, 0.29) is 30.6 Å². The van der Waals surface area contributed by atoms with Crippen LogP contribution in [0.25, 0.3) is 28.3 Å². The van der Waals surface area contributed by atoms with Crippen LogP contribution in [0.4, 0.5) is 4.39 Å². The normalized spacial score (nSPS) is 12.8. The molecule has 0 aliphatic heterocycles.